The van der Waals surface area contributed by atoms with Gasteiger partial charge >= 0.3 is 0 Å². The van der Waals surface area contributed by atoms with Gasteiger partial charge in [0, 0.05) is 31.5 Å². The first-order valence-electron chi connectivity index (χ1n) is 7.50. The van der Waals surface area contributed by atoms with Crippen molar-refractivity contribution in [2.75, 3.05) is 25.2 Å². The highest BCUT2D eigenvalue weighted by Gasteiger charge is 2.35. The van der Waals surface area contributed by atoms with Crippen molar-refractivity contribution < 1.29 is 14.5 Å². The van der Waals surface area contributed by atoms with Gasteiger partial charge in [0.05, 0.1) is 16.4 Å². The molecule has 0 unspecified atom stereocenters. The zero-order valence-electron chi connectivity index (χ0n) is 13.5. The summed E-state index contributed by atoms with van der Waals surface area (Å²) in [5.41, 5.74) is 0.298. The van der Waals surface area contributed by atoms with Crippen LogP contribution in [0.2, 0.25) is 0 Å². The summed E-state index contributed by atoms with van der Waals surface area (Å²) in [7, 11) is 1.71. The molecule has 8 heteroatoms. The Hall–Kier alpha value is -2.35. The Kier molecular flexibility index (Phi) is 5.97. The number of thioether (sulfide) groups is 1. The van der Waals surface area contributed by atoms with Gasteiger partial charge in [-0.25, -0.2) is 0 Å². The summed E-state index contributed by atoms with van der Waals surface area (Å²) < 4.78 is 0. The van der Waals surface area contributed by atoms with E-state index in [1.54, 1.807) is 30.1 Å². The third kappa shape index (κ3) is 3.94. The van der Waals surface area contributed by atoms with Crippen LogP contribution in [0.25, 0.3) is 6.08 Å². The molecule has 2 rings (SSSR count). The van der Waals surface area contributed by atoms with E-state index in [0.29, 0.717) is 23.7 Å². The number of benzene rings is 1. The monoisotopic (exact) mass is 349 g/mol. The average molecular weight is 349 g/mol. The number of carbonyl (C=O) groups is 2. The van der Waals surface area contributed by atoms with Crippen LogP contribution in [-0.2, 0) is 9.59 Å². The summed E-state index contributed by atoms with van der Waals surface area (Å²) in [6.07, 6.45) is 2.72. The smallest absolute Gasteiger partial charge is 0.276 e. The first-order valence-corrected chi connectivity index (χ1v) is 8.66. The number of nitro groups is 1. The molecule has 128 valence electrons. The van der Waals surface area contributed by atoms with Gasteiger partial charge in [0.2, 0.25) is 11.8 Å². The molecule has 1 aliphatic rings. The molecule has 1 saturated heterocycles. The molecular formula is C16H19N3O4S. The van der Waals surface area contributed by atoms with Crippen molar-refractivity contribution in [1.29, 1.82) is 0 Å². The van der Waals surface area contributed by atoms with Gasteiger partial charge in [-0.2, -0.15) is 0 Å². The Morgan fingerprint density at radius 2 is 2.17 bits per heavy atom. The quantitative estimate of drug-likeness (QED) is 0.461. The SMILES string of the molecule is CCN(C)C(=O)[C@H]1CSCN1C(=O)/C=C\c1ccccc1[N+](=O)[O-]. The van der Waals surface area contributed by atoms with E-state index in [2.05, 4.69) is 0 Å². The third-order valence-corrected chi connectivity index (χ3v) is 4.85. The second kappa shape index (κ2) is 7.96. The maximum atomic E-state index is 12.4. The maximum Gasteiger partial charge on any atom is 0.276 e. The fourth-order valence-electron chi connectivity index (χ4n) is 2.33. The third-order valence-electron chi connectivity index (χ3n) is 3.84. The molecule has 1 aromatic rings. The van der Waals surface area contributed by atoms with Gasteiger partial charge in [0.25, 0.3) is 5.69 Å². The van der Waals surface area contributed by atoms with Crippen LogP contribution in [0, 0.1) is 10.1 Å². The molecule has 1 aliphatic heterocycles. The first kappa shape index (κ1) is 18.0. The molecule has 1 aromatic carbocycles. The van der Waals surface area contributed by atoms with Crippen LogP contribution in [0.3, 0.4) is 0 Å². The van der Waals surface area contributed by atoms with Crippen LogP contribution in [0.1, 0.15) is 12.5 Å². The second-order valence-electron chi connectivity index (χ2n) is 5.33. The zero-order chi connectivity index (χ0) is 17.7. The van der Waals surface area contributed by atoms with Gasteiger partial charge in [0.15, 0.2) is 0 Å². The van der Waals surface area contributed by atoms with Crippen LogP contribution in [0.15, 0.2) is 30.3 Å². The lowest BCUT2D eigenvalue weighted by Gasteiger charge is -2.25. The highest BCUT2D eigenvalue weighted by Crippen LogP contribution is 2.24. The van der Waals surface area contributed by atoms with Crippen molar-refractivity contribution in [3.05, 3.63) is 46.0 Å². The summed E-state index contributed by atoms with van der Waals surface area (Å²) in [4.78, 5) is 38.3. The van der Waals surface area contributed by atoms with E-state index in [9.17, 15) is 19.7 Å². The van der Waals surface area contributed by atoms with E-state index in [0.717, 1.165) is 0 Å². The lowest BCUT2D eigenvalue weighted by atomic mass is 10.1. The molecule has 0 spiro atoms. The fraction of sp³-hybridized carbons (Fsp3) is 0.375. The number of hydrogen-bond donors (Lipinski definition) is 0. The molecule has 7 nitrogen and oxygen atoms in total. The predicted octanol–water partition coefficient (Wildman–Crippen LogP) is 1.99. The molecule has 0 aliphatic carbocycles. The van der Waals surface area contributed by atoms with Crippen molar-refractivity contribution >= 4 is 35.3 Å². The Balaban J connectivity index is 2.14. The normalized spacial score (nSPS) is 17.2. The first-order chi connectivity index (χ1) is 11.5. The van der Waals surface area contributed by atoms with E-state index in [-0.39, 0.29) is 17.5 Å². The van der Waals surface area contributed by atoms with Crippen molar-refractivity contribution in [2.24, 2.45) is 0 Å². The van der Waals surface area contributed by atoms with Gasteiger partial charge in [-0.1, -0.05) is 12.1 Å². The molecule has 1 heterocycles. The fourth-order valence-corrected chi connectivity index (χ4v) is 3.48. The van der Waals surface area contributed by atoms with Crippen LogP contribution in [0.5, 0.6) is 0 Å². The molecule has 0 aromatic heterocycles. The second-order valence-corrected chi connectivity index (χ2v) is 6.33. The Bertz CT molecular complexity index is 677. The molecule has 0 N–H and O–H groups in total. The van der Waals surface area contributed by atoms with Gasteiger partial charge < -0.3 is 9.80 Å². The number of amides is 2. The van der Waals surface area contributed by atoms with Crippen LogP contribution < -0.4 is 0 Å². The van der Waals surface area contributed by atoms with Crippen molar-refractivity contribution in [3.8, 4) is 0 Å². The topological polar surface area (TPSA) is 83.8 Å². The predicted molar refractivity (Wildman–Crippen MR) is 93.4 cm³/mol. The summed E-state index contributed by atoms with van der Waals surface area (Å²) in [6.45, 7) is 2.45. The lowest BCUT2D eigenvalue weighted by molar-refractivity contribution is -0.385. The molecular weight excluding hydrogens is 330 g/mol. The zero-order valence-corrected chi connectivity index (χ0v) is 14.4. The Morgan fingerprint density at radius 1 is 1.46 bits per heavy atom. The molecule has 1 fully saturated rings. The van der Waals surface area contributed by atoms with Crippen molar-refractivity contribution in [1.82, 2.24) is 9.80 Å². The maximum absolute atomic E-state index is 12.4. The molecule has 1 atom stereocenters. The summed E-state index contributed by atoms with van der Waals surface area (Å²) in [5, 5.41) is 11.0. The Morgan fingerprint density at radius 3 is 2.83 bits per heavy atom. The van der Waals surface area contributed by atoms with Gasteiger partial charge in [-0.05, 0) is 19.1 Å². The molecule has 24 heavy (non-hydrogen) atoms. The van der Waals surface area contributed by atoms with E-state index < -0.39 is 11.0 Å². The molecule has 0 bridgehead atoms. The van der Waals surface area contributed by atoms with Crippen LogP contribution >= 0.6 is 11.8 Å². The van der Waals surface area contributed by atoms with E-state index in [4.69, 9.17) is 0 Å². The molecule has 0 radical (unpaired) electrons. The van der Waals surface area contributed by atoms with Gasteiger partial charge in [-0.15, -0.1) is 11.8 Å². The minimum atomic E-state index is -0.488. The number of nitro benzene ring substituents is 1. The van der Waals surface area contributed by atoms with Crippen LogP contribution in [0.4, 0.5) is 5.69 Å². The number of nitrogens with zero attached hydrogens (tertiary/aromatic N) is 3. The van der Waals surface area contributed by atoms with Crippen molar-refractivity contribution in [2.45, 2.75) is 13.0 Å². The highest BCUT2D eigenvalue weighted by atomic mass is 32.2. The van der Waals surface area contributed by atoms with E-state index >= 15 is 0 Å². The van der Waals surface area contributed by atoms with E-state index in [1.165, 1.54) is 34.9 Å². The number of carbonyl (C=O) groups excluding carboxylic acids is 2. The minimum absolute atomic E-state index is 0.0595. The number of likely N-dealkylation sites (N-methyl/N-ethyl adjacent to an activating group) is 1. The molecule has 2 amide bonds. The largest absolute Gasteiger partial charge is 0.344 e. The minimum Gasteiger partial charge on any atom is -0.344 e. The van der Waals surface area contributed by atoms with E-state index in [1.807, 2.05) is 6.92 Å². The highest BCUT2D eigenvalue weighted by molar-refractivity contribution is 7.99. The molecule has 0 saturated carbocycles. The van der Waals surface area contributed by atoms with Gasteiger partial charge in [0.1, 0.15) is 6.04 Å². The number of para-hydroxylation sites is 1. The standard InChI is InChI=1S/C16H19N3O4S/c1-3-17(2)16(21)14-10-24-11-18(14)15(20)9-8-12-6-4-5-7-13(12)19(22)23/h4-9,14H,3,10-11H2,1-2H3/b9-8-/t14-/m1/s1. The summed E-state index contributed by atoms with van der Waals surface area (Å²) in [6, 6.07) is 5.73. The number of hydrogen-bond acceptors (Lipinski definition) is 5. The van der Waals surface area contributed by atoms with Crippen molar-refractivity contribution in [3.63, 3.8) is 0 Å². The van der Waals surface area contributed by atoms with Gasteiger partial charge in [-0.3, -0.25) is 19.7 Å². The summed E-state index contributed by atoms with van der Waals surface area (Å²) >= 11 is 1.52. The Labute approximate surface area is 144 Å². The lowest BCUT2D eigenvalue weighted by Crippen LogP contribution is -2.47. The van der Waals surface area contributed by atoms with Crippen LogP contribution in [-0.4, -0.2) is 57.8 Å². The summed E-state index contributed by atoms with van der Waals surface area (Å²) in [5.74, 6) is 0.596. The average Bonchev–Trinajstić information content (AvgIpc) is 3.08. The number of rotatable bonds is 5.